The first kappa shape index (κ1) is 19.3. The minimum absolute atomic E-state index is 0.510. The number of hydrogen-bond acceptors (Lipinski definition) is 6. The number of benzene rings is 1. The van der Waals surface area contributed by atoms with Gasteiger partial charge in [0.05, 0.1) is 4.70 Å². The molecule has 2 N–H and O–H groups in total. The Morgan fingerprint density at radius 3 is 2.60 bits per heavy atom. The summed E-state index contributed by atoms with van der Waals surface area (Å²) in [5.74, 6) is 1.35. The van der Waals surface area contributed by atoms with E-state index in [1.165, 1.54) is 48.7 Å². The maximum atomic E-state index is 9.70. The first-order valence-electron chi connectivity index (χ1n) is 11.0. The predicted octanol–water partition coefficient (Wildman–Crippen LogP) is 5.37. The van der Waals surface area contributed by atoms with Crippen molar-refractivity contribution in [1.82, 2.24) is 10.3 Å². The van der Waals surface area contributed by atoms with Gasteiger partial charge >= 0.3 is 0 Å². The maximum Gasteiger partial charge on any atom is 0.130 e. The lowest BCUT2D eigenvalue weighted by molar-refractivity contribution is 0.446. The molecular formula is C24H27N5S. The van der Waals surface area contributed by atoms with Gasteiger partial charge in [-0.25, -0.2) is 4.98 Å². The van der Waals surface area contributed by atoms with E-state index >= 15 is 0 Å². The van der Waals surface area contributed by atoms with Crippen LogP contribution in [0.25, 0.3) is 10.1 Å². The molecule has 0 spiro atoms. The molecule has 0 unspecified atom stereocenters. The number of nitrogens with one attached hydrogen (secondary N) is 2. The first-order valence-corrected chi connectivity index (χ1v) is 11.8. The highest BCUT2D eigenvalue weighted by Crippen LogP contribution is 2.42. The maximum absolute atomic E-state index is 9.70. The quantitative estimate of drug-likeness (QED) is 0.598. The van der Waals surface area contributed by atoms with Gasteiger partial charge in [0, 0.05) is 49.1 Å². The molecule has 0 bridgehead atoms. The van der Waals surface area contributed by atoms with Crippen molar-refractivity contribution in [2.24, 2.45) is 0 Å². The molecule has 2 aliphatic rings. The van der Waals surface area contributed by atoms with Crippen molar-refractivity contribution in [2.75, 3.05) is 36.4 Å². The van der Waals surface area contributed by atoms with Crippen LogP contribution in [0.3, 0.4) is 0 Å². The van der Waals surface area contributed by atoms with Crippen LogP contribution < -0.4 is 15.5 Å². The number of hydrogen-bond donors (Lipinski definition) is 2. The summed E-state index contributed by atoms with van der Waals surface area (Å²) >= 11 is 1.59. The smallest absolute Gasteiger partial charge is 0.130 e. The number of rotatable bonds is 4. The van der Waals surface area contributed by atoms with Gasteiger partial charge in [0.15, 0.2) is 0 Å². The normalized spacial score (nSPS) is 17.8. The standard InChI is InChI=1S/C24H27N5S/c25-15-21-24(17-4-2-1-3-5-17)20-14-23(27-16-22(20)30-21)28-18-6-8-19(9-7-18)29-12-10-26-11-13-29/h6-9,14,16-17,26H,1-5,10-13H2,(H,27,28). The number of nitrogens with zero attached hydrogens (tertiary/aromatic N) is 3. The molecule has 1 aliphatic heterocycles. The van der Waals surface area contributed by atoms with Crippen molar-refractivity contribution in [3.05, 3.63) is 47.0 Å². The van der Waals surface area contributed by atoms with Gasteiger partial charge in [-0.1, -0.05) is 19.3 Å². The molecule has 0 atom stereocenters. The Morgan fingerprint density at radius 2 is 1.87 bits per heavy atom. The third-order valence-corrected chi connectivity index (χ3v) is 7.41. The molecular weight excluding hydrogens is 390 g/mol. The zero-order valence-electron chi connectivity index (χ0n) is 17.2. The molecule has 1 aromatic carbocycles. The summed E-state index contributed by atoms with van der Waals surface area (Å²) in [4.78, 5) is 7.90. The summed E-state index contributed by atoms with van der Waals surface area (Å²) in [6.07, 6.45) is 8.16. The molecule has 0 radical (unpaired) electrons. The average molecular weight is 418 g/mol. The highest BCUT2D eigenvalue weighted by atomic mass is 32.1. The number of pyridine rings is 1. The van der Waals surface area contributed by atoms with Crippen LogP contribution in [0.15, 0.2) is 36.5 Å². The van der Waals surface area contributed by atoms with Gasteiger partial charge in [-0.2, -0.15) is 5.26 Å². The Hall–Kier alpha value is -2.62. The fourth-order valence-electron chi connectivity index (χ4n) is 4.80. The molecule has 6 heteroatoms. The molecule has 30 heavy (non-hydrogen) atoms. The number of anilines is 3. The van der Waals surface area contributed by atoms with Gasteiger partial charge in [-0.05, 0) is 54.7 Å². The van der Waals surface area contributed by atoms with Crippen LogP contribution in [0.1, 0.15) is 48.5 Å². The SMILES string of the molecule is N#Cc1sc2cnc(Nc3ccc(N4CCNCC4)cc3)cc2c1C1CCCCC1. The van der Waals surface area contributed by atoms with Gasteiger partial charge in [-0.15, -0.1) is 11.3 Å². The number of piperazine rings is 1. The van der Waals surface area contributed by atoms with Crippen LogP contribution in [-0.4, -0.2) is 31.2 Å². The number of thiophene rings is 1. The van der Waals surface area contributed by atoms with Crippen molar-refractivity contribution < 1.29 is 0 Å². The fourth-order valence-corrected chi connectivity index (χ4v) is 5.83. The van der Waals surface area contributed by atoms with Crippen molar-refractivity contribution in [2.45, 2.75) is 38.0 Å². The summed E-state index contributed by atoms with van der Waals surface area (Å²) in [5, 5.41) is 17.8. The molecule has 3 heterocycles. The van der Waals surface area contributed by atoms with Gasteiger partial charge < -0.3 is 15.5 Å². The largest absolute Gasteiger partial charge is 0.369 e. The second kappa shape index (κ2) is 8.63. The fraction of sp³-hybridized carbons (Fsp3) is 0.417. The first-order chi connectivity index (χ1) is 14.8. The number of aromatic nitrogens is 1. The summed E-state index contributed by atoms with van der Waals surface area (Å²) in [7, 11) is 0. The molecule has 1 saturated heterocycles. The van der Waals surface area contributed by atoms with Crippen LogP contribution in [0.5, 0.6) is 0 Å². The van der Waals surface area contributed by atoms with Crippen LogP contribution in [0, 0.1) is 11.3 Å². The number of fused-ring (bicyclic) bond motifs is 1. The monoisotopic (exact) mass is 417 g/mol. The van der Waals surface area contributed by atoms with Crippen LogP contribution in [0.4, 0.5) is 17.2 Å². The zero-order valence-corrected chi connectivity index (χ0v) is 18.0. The molecule has 5 nitrogen and oxygen atoms in total. The number of nitriles is 1. The van der Waals surface area contributed by atoms with Crippen molar-refractivity contribution in [3.63, 3.8) is 0 Å². The minimum atomic E-state index is 0.510. The van der Waals surface area contributed by atoms with E-state index in [0.717, 1.165) is 47.3 Å². The molecule has 2 aromatic heterocycles. The lowest BCUT2D eigenvalue weighted by atomic mass is 9.83. The minimum Gasteiger partial charge on any atom is -0.369 e. The molecule has 2 fully saturated rings. The van der Waals surface area contributed by atoms with E-state index in [4.69, 9.17) is 0 Å². The van der Waals surface area contributed by atoms with E-state index in [0.29, 0.717) is 5.92 Å². The molecule has 5 rings (SSSR count). The third kappa shape index (κ3) is 3.88. The van der Waals surface area contributed by atoms with Gasteiger partial charge in [0.2, 0.25) is 0 Å². The van der Waals surface area contributed by atoms with E-state index in [2.05, 4.69) is 56.9 Å². The lowest BCUT2D eigenvalue weighted by Crippen LogP contribution is -2.43. The zero-order chi connectivity index (χ0) is 20.3. The molecule has 1 saturated carbocycles. The van der Waals surface area contributed by atoms with Gasteiger partial charge in [0.25, 0.3) is 0 Å². The Labute approximate surface area is 181 Å². The van der Waals surface area contributed by atoms with E-state index < -0.39 is 0 Å². The Kier molecular flexibility index (Phi) is 5.56. The van der Waals surface area contributed by atoms with Crippen LogP contribution in [0.2, 0.25) is 0 Å². The van der Waals surface area contributed by atoms with Crippen LogP contribution in [-0.2, 0) is 0 Å². The summed E-state index contributed by atoms with van der Waals surface area (Å²) < 4.78 is 1.12. The van der Waals surface area contributed by atoms with E-state index in [1.54, 1.807) is 11.3 Å². The van der Waals surface area contributed by atoms with E-state index in [-0.39, 0.29) is 0 Å². The van der Waals surface area contributed by atoms with Crippen molar-refractivity contribution in [1.29, 1.82) is 5.26 Å². The summed E-state index contributed by atoms with van der Waals surface area (Å²) in [6.45, 7) is 4.18. The second-order valence-electron chi connectivity index (χ2n) is 8.27. The lowest BCUT2D eigenvalue weighted by Gasteiger charge is -2.29. The predicted molar refractivity (Wildman–Crippen MR) is 125 cm³/mol. The third-order valence-electron chi connectivity index (χ3n) is 6.35. The summed E-state index contributed by atoms with van der Waals surface area (Å²) in [6, 6.07) is 13.2. The summed E-state index contributed by atoms with van der Waals surface area (Å²) in [5.41, 5.74) is 3.56. The average Bonchev–Trinajstić information content (AvgIpc) is 3.19. The van der Waals surface area contributed by atoms with Gasteiger partial charge in [0.1, 0.15) is 16.8 Å². The Morgan fingerprint density at radius 1 is 1.10 bits per heavy atom. The van der Waals surface area contributed by atoms with Crippen molar-refractivity contribution in [3.8, 4) is 6.07 Å². The van der Waals surface area contributed by atoms with E-state index in [9.17, 15) is 5.26 Å². The molecule has 0 amide bonds. The molecule has 154 valence electrons. The van der Waals surface area contributed by atoms with Gasteiger partial charge in [-0.3, -0.25) is 0 Å². The Balaban J connectivity index is 1.40. The molecule has 3 aromatic rings. The second-order valence-corrected chi connectivity index (χ2v) is 9.32. The topological polar surface area (TPSA) is 64.0 Å². The van der Waals surface area contributed by atoms with Crippen molar-refractivity contribution >= 4 is 38.6 Å². The van der Waals surface area contributed by atoms with Crippen LogP contribution >= 0.6 is 11.3 Å². The van der Waals surface area contributed by atoms with E-state index in [1.807, 2.05) is 6.20 Å². The highest BCUT2D eigenvalue weighted by Gasteiger charge is 2.23. The Bertz CT molecular complexity index is 1050. The molecule has 1 aliphatic carbocycles. The highest BCUT2D eigenvalue weighted by molar-refractivity contribution is 7.19.